The molecule has 2 N–H and O–H groups in total. The van der Waals surface area contributed by atoms with Crippen molar-refractivity contribution in [1.29, 1.82) is 0 Å². The lowest BCUT2D eigenvalue weighted by Crippen LogP contribution is -2.28. The Morgan fingerprint density at radius 2 is 2.00 bits per heavy atom. The Kier molecular flexibility index (Phi) is 4.10. The Hall–Kier alpha value is -3.58. The molecule has 1 unspecified atom stereocenters. The van der Waals surface area contributed by atoms with E-state index in [4.69, 9.17) is 4.42 Å². The summed E-state index contributed by atoms with van der Waals surface area (Å²) in [5, 5.41) is 13.8. The molecule has 3 aromatic heterocycles. The average molecular weight is 404 g/mol. The van der Waals surface area contributed by atoms with Gasteiger partial charge in [0.1, 0.15) is 17.6 Å². The summed E-state index contributed by atoms with van der Waals surface area (Å²) in [6, 6.07) is 14.0. The van der Waals surface area contributed by atoms with E-state index in [1.807, 2.05) is 41.8 Å². The highest BCUT2D eigenvalue weighted by Gasteiger charge is 2.47. The molecule has 5 rings (SSSR count). The monoisotopic (exact) mass is 404 g/mol. The highest BCUT2D eigenvalue weighted by Crippen LogP contribution is 2.42. The van der Waals surface area contributed by atoms with Crippen LogP contribution in [0.3, 0.4) is 0 Å². The van der Waals surface area contributed by atoms with Gasteiger partial charge in [-0.25, -0.2) is 0 Å². The fourth-order valence-electron chi connectivity index (χ4n) is 3.77. The van der Waals surface area contributed by atoms with Gasteiger partial charge >= 0.3 is 0 Å². The highest BCUT2D eigenvalue weighted by atomic mass is 32.1. The van der Waals surface area contributed by atoms with Crippen LogP contribution >= 0.6 is 11.3 Å². The number of ketones is 1. The number of thiophene rings is 1. The molecule has 4 aromatic rings. The first-order valence-corrected chi connectivity index (χ1v) is 9.94. The number of para-hydroxylation sites is 1. The molecule has 1 atom stereocenters. The number of aromatic amines is 1. The lowest BCUT2D eigenvalue weighted by molar-refractivity contribution is -0.140. The predicted octanol–water partition coefficient (Wildman–Crippen LogP) is 4.44. The van der Waals surface area contributed by atoms with E-state index < -0.39 is 17.7 Å². The molecule has 0 saturated carbocycles. The van der Waals surface area contributed by atoms with Crippen LogP contribution in [-0.2, 0) is 16.1 Å². The molecule has 1 aromatic carbocycles. The van der Waals surface area contributed by atoms with Gasteiger partial charge in [0.2, 0.25) is 0 Å². The Morgan fingerprint density at radius 1 is 1.14 bits per heavy atom. The van der Waals surface area contributed by atoms with Crippen molar-refractivity contribution in [3.8, 4) is 0 Å². The number of hydrogen-bond donors (Lipinski definition) is 2. The van der Waals surface area contributed by atoms with Crippen LogP contribution in [0.15, 0.2) is 76.4 Å². The summed E-state index contributed by atoms with van der Waals surface area (Å²) in [5.74, 6) is -0.958. The first-order valence-electron chi connectivity index (χ1n) is 9.06. The zero-order valence-electron chi connectivity index (χ0n) is 15.2. The third kappa shape index (κ3) is 2.78. The first-order chi connectivity index (χ1) is 14.1. The van der Waals surface area contributed by atoms with Crippen LogP contribution < -0.4 is 0 Å². The minimum absolute atomic E-state index is 0.0914. The number of amides is 1. The van der Waals surface area contributed by atoms with E-state index in [2.05, 4.69) is 4.98 Å². The van der Waals surface area contributed by atoms with Gasteiger partial charge in [0, 0.05) is 27.5 Å². The van der Waals surface area contributed by atoms with E-state index >= 15 is 0 Å². The first kappa shape index (κ1) is 17.5. The third-order valence-corrected chi connectivity index (χ3v) is 6.03. The number of benzene rings is 1. The van der Waals surface area contributed by atoms with Crippen LogP contribution in [0.5, 0.6) is 0 Å². The summed E-state index contributed by atoms with van der Waals surface area (Å²) >= 11 is 1.43. The number of carbonyl (C=O) groups is 2. The fourth-order valence-corrected chi connectivity index (χ4v) is 4.61. The topological polar surface area (TPSA) is 86.5 Å². The number of rotatable bonds is 4. The van der Waals surface area contributed by atoms with E-state index in [9.17, 15) is 14.7 Å². The number of furan rings is 1. The van der Waals surface area contributed by atoms with E-state index in [0.29, 0.717) is 11.3 Å². The highest BCUT2D eigenvalue weighted by molar-refractivity contribution is 7.10. The average Bonchev–Trinajstić information content (AvgIpc) is 3.52. The number of hydrogen-bond acceptors (Lipinski definition) is 5. The van der Waals surface area contributed by atoms with Gasteiger partial charge in [-0.1, -0.05) is 24.3 Å². The number of carbonyl (C=O) groups excluding carboxylic acids is 2. The smallest absolute Gasteiger partial charge is 0.296 e. The molecule has 0 aliphatic carbocycles. The number of aliphatic hydroxyl groups is 1. The Labute approximate surface area is 169 Å². The fraction of sp³-hybridized carbons (Fsp3) is 0.0909. The van der Waals surface area contributed by atoms with Crippen LogP contribution in [0.1, 0.15) is 22.2 Å². The maximum atomic E-state index is 13.0. The molecule has 1 amide bonds. The molecule has 6 nitrogen and oxygen atoms in total. The molecule has 29 heavy (non-hydrogen) atoms. The van der Waals surface area contributed by atoms with E-state index in [0.717, 1.165) is 15.8 Å². The zero-order chi connectivity index (χ0) is 20.0. The second-order valence-corrected chi connectivity index (χ2v) is 7.75. The maximum absolute atomic E-state index is 13.0. The number of H-pyrrole nitrogens is 1. The number of Topliss-reactive ketones (excluding diaryl/α,β-unsaturated/α-hetero) is 1. The van der Waals surface area contributed by atoms with Crippen LogP contribution in [0, 0.1) is 0 Å². The Balaban J connectivity index is 1.68. The van der Waals surface area contributed by atoms with E-state index in [1.165, 1.54) is 22.5 Å². The van der Waals surface area contributed by atoms with Crippen LogP contribution in [-0.4, -0.2) is 26.7 Å². The number of nitrogens with one attached hydrogen (secondary N) is 1. The number of likely N-dealkylation sites (tertiary alicyclic amines) is 1. The molecule has 144 valence electrons. The lowest BCUT2D eigenvalue weighted by Gasteiger charge is -2.23. The molecule has 0 spiro atoms. The van der Waals surface area contributed by atoms with Gasteiger partial charge in [-0.05, 0) is 29.6 Å². The molecule has 1 fully saturated rings. The molecule has 4 heterocycles. The SMILES string of the molecule is O=C1C(=O)N(Cc2ccco2)C(c2cccs2)/C1=C(/O)c1c[nH]c2ccccc12. The van der Waals surface area contributed by atoms with Gasteiger partial charge in [-0.15, -0.1) is 11.3 Å². The van der Waals surface area contributed by atoms with E-state index in [-0.39, 0.29) is 17.9 Å². The molecule has 1 aliphatic rings. The van der Waals surface area contributed by atoms with Gasteiger partial charge < -0.3 is 19.4 Å². The Bertz CT molecular complexity index is 1240. The van der Waals surface area contributed by atoms with Crippen LogP contribution in [0.25, 0.3) is 16.7 Å². The second-order valence-electron chi connectivity index (χ2n) is 6.77. The van der Waals surface area contributed by atoms with Crippen LogP contribution in [0.4, 0.5) is 0 Å². The number of aliphatic hydroxyl groups excluding tert-OH is 1. The maximum Gasteiger partial charge on any atom is 0.296 e. The van der Waals surface area contributed by atoms with Crippen LogP contribution in [0.2, 0.25) is 0 Å². The summed E-state index contributed by atoms with van der Waals surface area (Å²) in [4.78, 5) is 31.2. The molecular formula is C22H16N2O4S. The van der Waals surface area contributed by atoms with Crippen molar-refractivity contribution < 1.29 is 19.1 Å². The minimum atomic E-state index is -0.697. The predicted molar refractivity (Wildman–Crippen MR) is 109 cm³/mol. The van der Waals surface area contributed by atoms with Crippen molar-refractivity contribution in [3.05, 3.63) is 88.1 Å². The van der Waals surface area contributed by atoms with Crippen molar-refractivity contribution in [2.75, 3.05) is 0 Å². The number of nitrogens with zero attached hydrogens (tertiary/aromatic N) is 1. The summed E-state index contributed by atoms with van der Waals surface area (Å²) < 4.78 is 5.38. The van der Waals surface area contributed by atoms with E-state index in [1.54, 1.807) is 18.3 Å². The molecule has 1 saturated heterocycles. The van der Waals surface area contributed by atoms with Gasteiger partial charge in [0.05, 0.1) is 18.4 Å². The van der Waals surface area contributed by atoms with Crippen molar-refractivity contribution in [2.45, 2.75) is 12.6 Å². The van der Waals surface area contributed by atoms with Gasteiger partial charge in [0.15, 0.2) is 0 Å². The number of aromatic nitrogens is 1. The second kappa shape index (κ2) is 6.79. The van der Waals surface area contributed by atoms with Crippen molar-refractivity contribution >= 4 is 39.7 Å². The summed E-state index contributed by atoms with van der Waals surface area (Å²) in [6.45, 7) is 0.144. The summed E-state index contributed by atoms with van der Waals surface area (Å²) in [5.41, 5.74) is 1.43. The number of fused-ring (bicyclic) bond motifs is 1. The molecule has 0 bridgehead atoms. The van der Waals surface area contributed by atoms with Gasteiger partial charge in [-0.2, -0.15) is 0 Å². The summed E-state index contributed by atoms with van der Waals surface area (Å²) in [7, 11) is 0. The molecule has 0 radical (unpaired) electrons. The molecule has 7 heteroatoms. The van der Waals surface area contributed by atoms with Crippen molar-refractivity contribution in [3.63, 3.8) is 0 Å². The van der Waals surface area contributed by atoms with Gasteiger partial charge in [0.25, 0.3) is 11.7 Å². The Morgan fingerprint density at radius 3 is 2.76 bits per heavy atom. The third-order valence-electron chi connectivity index (χ3n) is 5.10. The largest absolute Gasteiger partial charge is 0.507 e. The van der Waals surface area contributed by atoms with Crippen molar-refractivity contribution in [2.24, 2.45) is 0 Å². The van der Waals surface area contributed by atoms with Gasteiger partial charge in [-0.3, -0.25) is 9.59 Å². The molecular weight excluding hydrogens is 388 g/mol. The lowest BCUT2D eigenvalue weighted by atomic mass is 9.99. The summed E-state index contributed by atoms with van der Waals surface area (Å²) in [6.07, 6.45) is 3.18. The normalized spacial score (nSPS) is 18.8. The van der Waals surface area contributed by atoms with Crippen molar-refractivity contribution in [1.82, 2.24) is 9.88 Å². The zero-order valence-corrected chi connectivity index (χ0v) is 16.0. The quantitative estimate of drug-likeness (QED) is 0.299. The standard InChI is InChI=1S/C22H16N2O4S/c25-20(15-11-23-16-7-2-1-6-14(15)16)18-19(17-8-4-10-29-17)24(22(27)21(18)26)12-13-5-3-9-28-13/h1-11,19,23,25H,12H2/b20-18-. The molecule has 1 aliphatic heterocycles. The minimum Gasteiger partial charge on any atom is -0.507 e.